The van der Waals surface area contributed by atoms with Gasteiger partial charge in [-0.1, -0.05) is 5.16 Å². The van der Waals surface area contributed by atoms with Gasteiger partial charge in [0.25, 0.3) is 0 Å². The zero-order valence-electron chi connectivity index (χ0n) is 13.4. The molecule has 0 unspecified atom stereocenters. The SMILES string of the molecule is C/C=N/O/C=C/C(/C=C/NC1CCN(C(=O)OC)CC1)=N/C=N. The minimum Gasteiger partial charge on any atom is -0.453 e. The minimum absolute atomic E-state index is 0.278. The number of hydrogen-bond acceptors (Lipinski definition) is 6. The number of carbonyl (C=O) groups is 1. The number of amides is 1. The highest BCUT2D eigenvalue weighted by Crippen LogP contribution is 2.11. The maximum absolute atomic E-state index is 11.4. The van der Waals surface area contributed by atoms with Crippen LogP contribution in [0.3, 0.4) is 0 Å². The van der Waals surface area contributed by atoms with Gasteiger partial charge < -0.3 is 19.8 Å². The molecule has 0 spiro atoms. The number of ether oxygens (including phenoxy) is 1. The van der Waals surface area contributed by atoms with Crippen LogP contribution in [0.2, 0.25) is 0 Å². The summed E-state index contributed by atoms with van der Waals surface area (Å²) in [5.41, 5.74) is 0.561. The third-order valence-corrected chi connectivity index (χ3v) is 3.19. The number of carbonyl (C=O) groups excluding carboxylic acids is 1. The Morgan fingerprint density at radius 2 is 2.09 bits per heavy atom. The van der Waals surface area contributed by atoms with Crippen molar-refractivity contribution in [2.24, 2.45) is 10.1 Å². The molecule has 0 atom stereocenters. The van der Waals surface area contributed by atoms with Gasteiger partial charge in [0, 0.05) is 31.4 Å². The lowest BCUT2D eigenvalue weighted by Crippen LogP contribution is -2.43. The summed E-state index contributed by atoms with van der Waals surface area (Å²) in [4.78, 5) is 21.8. The van der Waals surface area contributed by atoms with Gasteiger partial charge in [0.05, 0.1) is 12.8 Å². The van der Waals surface area contributed by atoms with E-state index < -0.39 is 0 Å². The molecule has 1 saturated heterocycles. The van der Waals surface area contributed by atoms with Crippen LogP contribution in [0.25, 0.3) is 0 Å². The Balaban J connectivity index is 2.41. The van der Waals surface area contributed by atoms with Gasteiger partial charge in [-0.2, -0.15) is 0 Å². The zero-order chi connectivity index (χ0) is 16.9. The zero-order valence-corrected chi connectivity index (χ0v) is 13.4. The Hall–Kier alpha value is -2.64. The Morgan fingerprint density at radius 1 is 1.35 bits per heavy atom. The van der Waals surface area contributed by atoms with Crippen LogP contribution in [-0.4, -0.2) is 55.5 Å². The predicted octanol–water partition coefficient (Wildman–Crippen LogP) is 1.90. The van der Waals surface area contributed by atoms with Crippen LogP contribution in [0.15, 0.2) is 34.8 Å². The Morgan fingerprint density at radius 3 is 2.70 bits per heavy atom. The molecule has 0 aliphatic carbocycles. The van der Waals surface area contributed by atoms with E-state index in [2.05, 4.69) is 15.5 Å². The summed E-state index contributed by atoms with van der Waals surface area (Å²) in [5, 5.41) is 13.9. The molecule has 8 heteroatoms. The summed E-state index contributed by atoms with van der Waals surface area (Å²) in [5.74, 6) is 0. The number of aliphatic imine (C=N–C) groups is 1. The fourth-order valence-electron chi connectivity index (χ4n) is 2.04. The third-order valence-electron chi connectivity index (χ3n) is 3.19. The van der Waals surface area contributed by atoms with Crippen LogP contribution in [0.5, 0.6) is 0 Å². The minimum atomic E-state index is -0.278. The Kier molecular flexibility index (Phi) is 8.80. The van der Waals surface area contributed by atoms with E-state index in [-0.39, 0.29) is 6.09 Å². The van der Waals surface area contributed by atoms with E-state index in [1.807, 2.05) is 0 Å². The number of allylic oxidation sites excluding steroid dienone is 2. The molecule has 0 aromatic carbocycles. The topological polar surface area (TPSA) is 99.4 Å². The van der Waals surface area contributed by atoms with Gasteiger partial charge in [-0.05, 0) is 32.0 Å². The van der Waals surface area contributed by atoms with E-state index in [0.29, 0.717) is 24.8 Å². The normalized spacial score (nSPS) is 17.1. The number of piperidine rings is 1. The van der Waals surface area contributed by atoms with Crippen molar-refractivity contribution in [2.45, 2.75) is 25.8 Å². The van der Waals surface area contributed by atoms with E-state index in [9.17, 15) is 4.79 Å². The molecule has 126 valence electrons. The number of likely N-dealkylation sites (tertiary alicyclic amines) is 1. The molecule has 0 saturated carbocycles. The van der Waals surface area contributed by atoms with Crippen molar-refractivity contribution < 1.29 is 14.4 Å². The third kappa shape index (κ3) is 7.25. The monoisotopic (exact) mass is 321 g/mol. The lowest BCUT2D eigenvalue weighted by atomic mass is 10.1. The second-order valence-electron chi connectivity index (χ2n) is 4.69. The second-order valence-corrected chi connectivity index (χ2v) is 4.69. The second kappa shape index (κ2) is 11.0. The smallest absolute Gasteiger partial charge is 0.409 e. The first-order valence-corrected chi connectivity index (χ1v) is 7.33. The first-order valence-electron chi connectivity index (χ1n) is 7.33. The van der Waals surface area contributed by atoms with Gasteiger partial charge in [-0.15, -0.1) is 0 Å². The molecule has 1 aliphatic rings. The van der Waals surface area contributed by atoms with Crippen molar-refractivity contribution in [2.75, 3.05) is 20.2 Å². The summed E-state index contributed by atoms with van der Waals surface area (Å²) in [6.07, 6.45) is 10.4. The number of nitrogens with zero attached hydrogens (tertiary/aromatic N) is 3. The highest BCUT2D eigenvalue weighted by Gasteiger charge is 2.22. The average Bonchev–Trinajstić information content (AvgIpc) is 2.58. The standard InChI is InChI=1S/C15H23N5O3/c1-3-19-23-11-7-13(18-12-16)4-8-17-14-5-9-20(10-6-14)15(21)22-2/h3-4,7-8,11-12,14,16-17H,5-6,9-10H2,1-2H3/b8-4+,11-7+,16-12?,18-13+,19-3+. The molecule has 0 radical (unpaired) electrons. The van der Waals surface area contributed by atoms with Crippen LogP contribution >= 0.6 is 0 Å². The first kappa shape index (κ1) is 18.4. The largest absolute Gasteiger partial charge is 0.453 e. The molecule has 23 heavy (non-hydrogen) atoms. The summed E-state index contributed by atoms with van der Waals surface area (Å²) in [6.45, 7) is 3.08. The van der Waals surface area contributed by atoms with Crippen LogP contribution < -0.4 is 5.32 Å². The van der Waals surface area contributed by atoms with Gasteiger partial charge in [0.1, 0.15) is 12.6 Å². The number of oxime groups is 1. The van der Waals surface area contributed by atoms with Crippen molar-refractivity contribution in [1.29, 1.82) is 5.41 Å². The van der Waals surface area contributed by atoms with Crippen molar-refractivity contribution in [3.05, 3.63) is 24.6 Å². The van der Waals surface area contributed by atoms with Crippen molar-refractivity contribution in [1.82, 2.24) is 10.2 Å². The lowest BCUT2D eigenvalue weighted by Gasteiger charge is -2.31. The molecule has 1 heterocycles. The maximum Gasteiger partial charge on any atom is 0.409 e. The Labute approximate surface area is 136 Å². The summed E-state index contributed by atoms with van der Waals surface area (Å²) < 4.78 is 4.71. The molecule has 1 rings (SSSR count). The highest BCUT2D eigenvalue weighted by atomic mass is 16.6. The van der Waals surface area contributed by atoms with E-state index in [1.54, 1.807) is 30.2 Å². The van der Waals surface area contributed by atoms with Crippen LogP contribution in [-0.2, 0) is 9.57 Å². The van der Waals surface area contributed by atoms with Gasteiger partial charge in [0.15, 0.2) is 0 Å². The molecule has 1 fully saturated rings. The van der Waals surface area contributed by atoms with E-state index in [0.717, 1.165) is 19.2 Å². The molecular weight excluding hydrogens is 298 g/mol. The fourth-order valence-corrected chi connectivity index (χ4v) is 2.04. The van der Waals surface area contributed by atoms with Crippen molar-refractivity contribution in [3.8, 4) is 0 Å². The molecule has 0 bridgehead atoms. The maximum atomic E-state index is 11.4. The molecule has 0 aromatic rings. The molecule has 2 N–H and O–H groups in total. The van der Waals surface area contributed by atoms with Gasteiger partial charge in [0.2, 0.25) is 0 Å². The molecular formula is C15H23N5O3. The van der Waals surface area contributed by atoms with Crippen molar-refractivity contribution >= 4 is 24.4 Å². The lowest BCUT2D eigenvalue weighted by molar-refractivity contribution is 0.111. The van der Waals surface area contributed by atoms with Crippen LogP contribution in [0.1, 0.15) is 19.8 Å². The number of nitrogens with one attached hydrogen (secondary N) is 2. The highest BCUT2D eigenvalue weighted by molar-refractivity contribution is 6.06. The Bertz CT molecular complexity index is 491. The predicted molar refractivity (Wildman–Crippen MR) is 89.9 cm³/mol. The van der Waals surface area contributed by atoms with Crippen LogP contribution in [0.4, 0.5) is 4.79 Å². The number of hydrogen-bond donors (Lipinski definition) is 2. The fraction of sp³-hybridized carbons (Fsp3) is 0.467. The molecule has 1 amide bonds. The number of rotatable bonds is 7. The number of methoxy groups -OCH3 is 1. The molecule has 0 aromatic heterocycles. The van der Waals surface area contributed by atoms with E-state index in [1.165, 1.54) is 19.6 Å². The van der Waals surface area contributed by atoms with Gasteiger partial charge in [-0.3, -0.25) is 5.41 Å². The van der Waals surface area contributed by atoms with Gasteiger partial charge in [-0.25, -0.2) is 9.79 Å². The average molecular weight is 321 g/mol. The van der Waals surface area contributed by atoms with Gasteiger partial charge >= 0.3 is 6.09 Å². The summed E-state index contributed by atoms with van der Waals surface area (Å²) in [7, 11) is 1.39. The molecule has 1 aliphatic heterocycles. The summed E-state index contributed by atoms with van der Waals surface area (Å²) >= 11 is 0. The summed E-state index contributed by atoms with van der Waals surface area (Å²) in [6, 6.07) is 0.290. The van der Waals surface area contributed by atoms with E-state index >= 15 is 0 Å². The quantitative estimate of drug-likeness (QED) is 0.324. The van der Waals surface area contributed by atoms with E-state index in [4.69, 9.17) is 15.0 Å². The van der Waals surface area contributed by atoms with Crippen molar-refractivity contribution in [3.63, 3.8) is 0 Å². The van der Waals surface area contributed by atoms with Crippen LogP contribution in [0, 0.1) is 5.41 Å². The molecule has 8 nitrogen and oxygen atoms in total. The first-order chi connectivity index (χ1) is 11.2.